The Morgan fingerprint density at radius 2 is 2.00 bits per heavy atom. The minimum atomic E-state index is -0.414. The number of hydrogen-bond acceptors (Lipinski definition) is 3. The lowest BCUT2D eigenvalue weighted by Crippen LogP contribution is -2.13. The van der Waals surface area contributed by atoms with Gasteiger partial charge in [0.15, 0.2) is 0 Å². The highest BCUT2D eigenvalue weighted by Gasteiger charge is 2.02. The van der Waals surface area contributed by atoms with Crippen LogP contribution in [0.1, 0.15) is 25.0 Å². The molecular formula is C13H17O3-. The fraction of sp³-hybridized carbons (Fsp3) is 0.385. The molecule has 0 N–H and O–H groups in total. The van der Waals surface area contributed by atoms with Gasteiger partial charge in [-0.2, -0.15) is 0 Å². The minimum Gasteiger partial charge on any atom is -0.611 e. The van der Waals surface area contributed by atoms with Crippen molar-refractivity contribution >= 4 is 0 Å². The van der Waals surface area contributed by atoms with Crippen molar-refractivity contribution in [1.29, 1.82) is 0 Å². The SMILES string of the molecule is CCO/C([O-])=C(/C)Oc1cc(C)ccc1C. The molecule has 0 fully saturated rings. The zero-order valence-corrected chi connectivity index (χ0v) is 10.2. The van der Waals surface area contributed by atoms with Crippen LogP contribution in [0, 0.1) is 13.8 Å². The molecule has 0 atom stereocenters. The maximum absolute atomic E-state index is 11.4. The standard InChI is InChI=1S/C13H18O3/c1-5-15-13(14)11(4)16-12-8-9(2)6-7-10(12)3/h6-8,14H,5H2,1-4H3/p-1/b13-11-. The van der Waals surface area contributed by atoms with Crippen molar-refractivity contribution in [3.63, 3.8) is 0 Å². The first kappa shape index (κ1) is 12.4. The zero-order chi connectivity index (χ0) is 12.1. The summed E-state index contributed by atoms with van der Waals surface area (Å²) in [6.45, 7) is 7.65. The van der Waals surface area contributed by atoms with Crippen molar-refractivity contribution in [3.8, 4) is 5.75 Å². The van der Waals surface area contributed by atoms with Crippen molar-refractivity contribution in [1.82, 2.24) is 0 Å². The molecule has 0 unspecified atom stereocenters. The molecule has 0 aromatic heterocycles. The monoisotopic (exact) mass is 221 g/mol. The molecule has 3 nitrogen and oxygen atoms in total. The second-order valence-corrected chi connectivity index (χ2v) is 3.65. The van der Waals surface area contributed by atoms with E-state index in [0.29, 0.717) is 12.4 Å². The molecule has 1 aromatic rings. The fourth-order valence-corrected chi connectivity index (χ4v) is 1.26. The largest absolute Gasteiger partial charge is 0.611 e. The van der Waals surface area contributed by atoms with Gasteiger partial charge in [-0.25, -0.2) is 0 Å². The molecule has 0 radical (unpaired) electrons. The van der Waals surface area contributed by atoms with E-state index >= 15 is 0 Å². The normalized spacial score (nSPS) is 12.0. The van der Waals surface area contributed by atoms with E-state index in [-0.39, 0.29) is 5.76 Å². The lowest BCUT2D eigenvalue weighted by atomic mass is 10.1. The van der Waals surface area contributed by atoms with Gasteiger partial charge in [0, 0.05) is 0 Å². The number of allylic oxidation sites excluding steroid dienone is 1. The van der Waals surface area contributed by atoms with Crippen LogP contribution in [0.2, 0.25) is 0 Å². The summed E-state index contributed by atoms with van der Waals surface area (Å²) < 4.78 is 10.3. The average Bonchev–Trinajstić information content (AvgIpc) is 2.23. The maximum atomic E-state index is 11.4. The summed E-state index contributed by atoms with van der Waals surface area (Å²) in [7, 11) is 0. The zero-order valence-electron chi connectivity index (χ0n) is 10.2. The van der Waals surface area contributed by atoms with E-state index in [2.05, 4.69) is 0 Å². The molecular weight excluding hydrogens is 204 g/mol. The first-order chi connectivity index (χ1) is 7.54. The smallest absolute Gasteiger partial charge is 0.130 e. The Bertz CT molecular complexity index is 394. The highest BCUT2D eigenvalue weighted by molar-refractivity contribution is 5.37. The molecule has 1 aromatic carbocycles. The van der Waals surface area contributed by atoms with Crippen LogP contribution in [0.4, 0.5) is 0 Å². The highest BCUT2D eigenvalue weighted by atomic mass is 16.6. The van der Waals surface area contributed by atoms with Crippen LogP contribution in [0.3, 0.4) is 0 Å². The molecule has 0 aliphatic carbocycles. The molecule has 0 saturated carbocycles. The van der Waals surface area contributed by atoms with Gasteiger partial charge in [0.1, 0.15) is 11.5 Å². The minimum absolute atomic E-state index is 0.260. The van der Waals surface area contributed by atoms with Crippen molar-refractivity contribution < 1.29 is 14.6 Å². The van der Waals surface area contributed by atoms with Gasteiger partial charge in [-0.05, 0) is 44.6 Å². The Labute approximate surface area is 96.3 Å². The summed E-state index contributed by atoms with van der Waals surface area (Å²) in [5.41, 5.74) is 2.09. The molecule has 3 heteroatoms. The third-order valence-corrected chi connectivity index (χ3v) is 2.17. The molecule has 0 amide bonds. The van der Waals surface area contributed by atoms with Crippen molar-refractivity contribution in [2.75, 3.05) is 6.61 Å². The van der Waals surface area contributed by atoms with Crippen LogP contribution in [0.5, 0.6) is 5.75 Å². The second-order valence-electron chi connectivity index (χ2n) is 3.65. The van der Waals surface area contributed by atoms with Crippen LogP contribution in [-0.2, 0) is 4.74 Å². The molecule has 16 heavy (non-hydrogen) atoms. The quantitative estimate of drug-likeness (QED) is 0.732. The van der Waals surface area contributed by atoms with Crippen molar-refractivity contribution in [3.05, 3.63) is 41.0 Å². The summed E-state index contributed by atoms with van der Waals surface area (Å²) in [5, 5.41) is 11.4. The number of hydrogen-bond donors (Lipinski definition) is 0. The van der Waals surface area contributed by atoms with E-state index in [1.165, 1.54) is 0 Å². The van der Waals surface area contributed by atoms with E-state index in [4.69, 9.17) is 9.47 Å². The summed E-state index contributed by atoms with van der Waals surface area (Å²) >= 11 is 0. The van der Waals surface area contributed by atoms with Crippen LogP contribution in [-0.4, -0.2) is 6.61 Å². The van der Waals surface area contributed by atoms with Gasteiger partial charge in [-0.1, -0.05) is 19.1 Å². The van der Waals surface area contributed by atoms with Crippen LogP contribution in [0.25, 0.3) is 0 Å². The van der Waals surface area contributed by atoms with Crippen molar-refractivity contribution in [2.24, 2.45) is 0 Å². The Kier molecular flexibility index (Phi) is 4.23. The van der Waals surface area contributed by atoms with Gasteiger partial charge in [0.05, 0.1) is 5.95 Å². The third-order valence-electron chi connectivity index (χ3n) is 2.17. The van der Waals surface area contributed by atoms with Crippen molar-refractivity contribution in [2.45, 2.75) is 27.7 Å². The van der Waals surface area contributed by atoms with Gasteiger partial charge in [-0.3, -0.25) is 0 Å². The molecule has 1 rings (SSSR count). The second kappa shape index (κ2) is 5.45. The molecule has 0 bridgehead atoms. The van der Waals surface area contributed by atoms with Gasteiger partial charge in [-0.15, -0.1) is 0 Å². The lowest BCUT2D eigenvalue weighted by molar-refractivity contribution is -0.361. The number of benzene rings is 1. The summed E-state index contributed by atoms with van der Waals surface area (Å²) in [4.78, 5) is 0. The van der Waals surface area contributed by atoms with E-state index in [0.717, 1.165) is 11.1 Å². The predicted octanol–water partition coefficient (Wildman–Crippen LogP) is 2.27. The molecule has 0 saturated heterocycles. The van der Waals surface area contributed by atoms with E-state index < -0.39 is 5.95 Å². The molecule has 0 aliphatic heterocycles. The van der Waals surface area contributed by atoms with Gasteiger partial charge in [0.25, 0.3) is 0 Å². The fourth-order valence-electron chi connectivity index (χ4n) is 1.26. The first-order valence-corrected chi connectivity index (χ1v) is 5.30. The highest BCUT2D eigenvalue weighted by Crippen LogP contribution is 2.21. The molecule has 0 heterocycles. The van der Waals surface area contributed by atoms with Gasteiger partial charge >= 0.3 is 0 Å². The lowest BCUT2D eigenvalue weighted by Gasteiger charge is -2.17. The Hall–Kier alpha value is -1.64. The average molecular weight is 221 g/mol. The topological polar surface area (TPSA) is 41.5 Å². The summed E-state index contributed by atoms with van der Waals surface area (Å²) in [5.74, 6) is 0.546. The first-order valence-electron chi connectivity index (χ1n) is 5.30. The van der Waals surface area contributed by atoms with Crippen LogP contribution < -0.4 is 9.84 Å². The third kappa shape index (κ3) is 3.19. The molecule has 0 spiro atoms. The Morgan fingerprint density at radius 1 is 1.31 bits per heavy atom. The van der Waals surface area contributed by atoms with E-state index in [9.17, 15) is 5.11 Å². The summed E-state index contributed by atoms with van der Waals surface area (Å²) in [6, 6.07) is 5.86. The predicted molar refractivity (Wildman–Crippen MR) is 60.9 cm³/mol. The van der Waals surface area contributed by atoms with Gasteiger partial charge < -0.3 is 14.6 Å². The maximum Gasteiger partial charge on any atom is 0.130 e. The Morgan fingerprint density at radius 3 is 2.62 bits per heavy atom. The molecule has 0 aliphatic rings. The number of ether oxygens (including phenoxy) is 2. The summed E-state index contributed by atoms with van der Waals surface area (Å²) in [6.07, 6.45) is 0. The van der Waals surface area contributed by atoms with Gasteiger partial charge in [0.2, 0.25) is 0 Å². The van der Waals surface area contributed by atoms with E-state index in [1.807, 2.05) is 32.0 Å². The number of aryl methyl sites for hydroxylation is 2. The Balaban J connectivity index is 2.87. The molecule has 88 valence electrons. The van der Waals surface area contributed by atoms with Crippen LogP contribution in [0.15, 0.2) is 29.9 Å². The number of rotatable bonds is 4. The van der Waals surface area contributed by atoms with E-state index in [1.54, 1.807) is 13.8 Å². The van der Waals surface area contributed by atoms with Crippen LogP contribution >= 0.6 is 0 Å².